The number of aliphatic hydroxyl groups excluding tert-OH is 1. The van der Waals surface area contributed by atoms with Crippen LogP contribution in [-0.2, 0) is 10.0 Å². The Balaban J connectivity index is 2.17. The number of aromatic carboxylic acids is 1. The maximum Gasteiger partial charge on any atom is 0.335 e. The number of hydrogen-bond donors (Lipinski definition) is 4. The molecule has 8 heteroatoms. The Kier molecular flexibility index (Phi) is 6.98. The molecule has 0 radical (unpaired) electrons. The van der Waals surface area contributed by atoms with Crippen LogP contribution < -0.4 is 10.0 Å². The van der Waals surface area contributed by atoms with E-state index in [2.05, 4.69) is 16.1 Å². The maximum absolute atomic E-state index is 12.4. The normalized spacial score (nSPS) is 14.8. The van der Waals surface area contributed by atoms with Gasteiger partial charge in [-0.15, -0.1) is 0 Å². The monoisotopic (exact) mass is 368 g/mol. The minimum Gasteiger partial charge on any atom is -0.478 e. The summed E-state index contributed by atoms with van der Waals surface area (Å²) in [5.74, 6) is -1.20. The van der Waals surface area contributed by atoms with E-state index in [0.29, 0.717) is 12.2 Å². The molecule has 0 saturated heterocycles. The molecule has 0 aromatic heterocycles. The van der Waals surface area contributed by atoms with Crippen molar-refractivity contribution in [2.24, 2.45) is 0 Å². The Morgan fingerprint density at radius 3 is 2.64 bits per heavy atom. The fourth-order valence-corrected chi connectivity index (χ4v) is 4.00. The van der Waals surface area contributed by atoms with E-state index < -0.39 is 16.0 Å². The Morgan fingerprint density at radius 1 is 1.20 bits per heavy atom. The van der Waals surface area contributed by atoms with Crippen LogP contribution in [0.15, 0.2) is 34.7 Å². The molecule has 1 aliphatic carbocycles. The van der Waals surface area contributed by atoms with Crippen molar-refractivity contribution in [3.63, 3.8) is 0 Å². The van der Waals surface area contributed by atoms with E-state index in [1.807, 2.05) is 0 Å². The van der Waals surface area contributed by atoms with Crippen LogP contribution in [-0.4, -0.2) is 44.3 Å². The van der Waals surface area contributed by atoms with E-state index in [1.165, 1.54) is 30.5 Å². The summed E-state index contributed by atoms with van der Waals surface area (Å²) in [6, 6.07) is 3.96. The average Bonchev–Trinajstić information content (AvgIpc) is 2.61. The van der Waals surface area contributed by atoms with Gasteiger partial charge < -0.3 is 15.5 Å². The predicted octanol–water partition coefficient (Wildman–Crippen LogP) is 1.96. The number of sulfonamides is 1. The number of anilines is 1. The number of hydrogen-bond acceptors (Lipinski definition) is 5. The lowest BCUT2D eigenvalue weighted by atomic mass is 9.97. The summed E-state index contributed by atoms with van der Waals surface area (Å²) >= 11 is 0. The van der Waals surface area contributed by atoms with Gasteiger partial charge in [-0.1, -0.05) is 11.6 Å². The first-order valence-electron chi connectivity index (χ1n) is 8.33. The minimum atomic E-state index is -3.91. The van der Waals surface area contributed by atoms with Gasteiger partial charge in [-0.3, -0.25) is 0 Å². The molecule has 1 aromatic rings. The fraction of sp³-hybridized carbons (Fsp3) is 0.471. The van der Waals surface area contributed by atoms with Crippen molar-refractivity contribution in [3.8, 4) is 0 Å². The van der Waals surface area contributed by atoms with E-state index >= 15 is 0 Å². The molecule has 25 heavy (non-hydrogen) atoms. The minimum absolute atomic E-state index is 0.107. The van der Waals surface area contributed by atoms with Crippen LogP contribution in [0, 0.1) is 0 Å². The standard InChI is InChI=1S/C17H24N2O5S/c20-11-10-19-25(23,24)16-12-14(17(21)22)6-7-15(16)18-9-8-13-4-2-1-3-5-13/h4,6-7,12,18-20H,1-3,5,8-11H2,(H,21,22). The molecule has 0 spiro atoms. The molecule has 0 atom stereocenters. The molecule has 1 aromatic carbocycles. The zero-order chi connectivity index (χ0) is 18.3. The highest BCUT2D eigenvalue weighted by atomic mass is 32.2. The number of nitrogens with one attached hydrogen (secondary N) is 2. The molecule has 138 valence electrons. The quantitative estimate of drug-likeness (QED) is 0.495. The molecule has 0 fully saturated rings. The van der Waals surface area contributed by atoms with Gasteiger partial charge in [0.05, 0.1) is 17.9 Å². The van der Waals surface area contributed by atoms with Crippen molar-refractivity contribution in [3.05, 3.63) is 35.4 Å². The van der Waals surface area contributed by atoms with Gasteiger partial charge in [-0.2, -0.15) is 0 Å². The lowest BCUT2D eigenvalue weighted by Gasteiger charge is -2.16. The number of carbonyl (C=O) groups is 1. The third kappa shape index (κ3) is 5.55. The molecule has 7 nitrogen and oxygen atoms in total. The highest BCUT2D eigenvalue weighted by Crippen LogP contribution is 2.24. The van der Waals surface area contributed by atoms with E-state index in [4.69, 9.17) is 10.2 Å². The lowest BCUT2D eigenvalue weighted by Crippen LogP contribution is -2.27. The first kappa shape index (κ1) is 19.4. The molecule has 0 heterocycles. The number of carboxylic acids is 1. The van der Waals surface area contributed by atoms with Crippen LogP contribution in [0.5, 0.6) is 0 Å². The Labute approximate surface area is 147 Å². The van der Waals surface area contributed by atoms with E-state index in [0.717, 1.165) is 25.3 Å². The van der Waals surface area contributed by atoms with Crippen LogP contribution in [0.25, 0.3) is 0 Å². The molecule has 0 amide bonds. The van der Waals surface area contributed by atoms with Gasteiger partial charge in [0.1, 0.15) is 4.90 Å². The fourth-order valence-electron chi connectivity index (χ4n) is 2.77. The highest BCUT2D eigenvalue weighted by Gasteiger charge is 2.20. The molecule has 4 N–H and O–H groups in total. The molecule has 1 aliphatic rings. The summed E-state index contributed by atoms with van der Waals surface area (Å²) in [6.07, 6.45) is 7.62. The Bertz CT molecular complexity index is 743. The smallest absolute Gasteiger partial charge is 0.335 e. The van der Waals surface area contributed by atoms with Gasteiger partial charge in [-0.25, -0.2) is 17.9 Å². The van der Waals surface area contributed by atoms with Crippen LogP contribution in [0.4, 0.5) is 5.69 Å². The molecule has 2 rings (SSSR count). The van der Waals surface area contributed by atoms with Gasteiger partial charge in [0.2, 0.25) is 10.0 Å². The first-order chi connectivity index (χ1) is 11.9. The molecule has 0 aliphatic heterocycles. The summed E-state index contributed by atoms with van der Waals surface area (Å²) in [4.78, 5) is 11.0. The van der Waals surface area contributed by atoms with Crippen molar-refractivity contribution in [1.82, 2.24) is 4.72 Å². The summed E-state index contributed by atoms with van der Waals surface area (Å²) in [7, 11) is -3.91. The SMILES string of the molecule is O=C(O)c1ccc(NCCC2=CCCCC2)c(S(=O)(=O)NCCO)c1. The first-order valence-corrected chi connectivity index (χ1v) is 9.82. The second kappa shape index (κ2) is 8.98. The van der Waals surface area contributed by atoms with Crippen molar-refractivity contribution in [2.45, 2.75) is 37.0 Å². The Hall–Kier alpha value is -1.90. The summed E-state index contributed by atoms with van der Waals surface area (Å²) in [6.45, 7) is 0.0987. The van der Waals surface area contributed by atoms with Crippen LogP contribution in [0.3, 0.4) is 0 Å². The van der Waals surface area contributed by atoms with Crippen molar-refractivity contribution < 1.29 is 23.4 Å². The lowest BCUT2D eigenvalue weighted by molar-refractivity contribution is 0.0696. The number of benzene rings is 1. The largest absolute Gasteiger partial charge is 0.478 e. The van der Waals surface area contributed by atoms with Crippen LogP contribution in [0.1, 0.15) is 42.5 Å². The van der Waals surface area contributed by atoms with E-state index in [1.54, 1.807) is 0 Å². The van der Waals surface area contributed by atoms with Gasteiger partial charge in [0.25, 0.3) is 0 Å². The molecule has 0 bridgehead atoms. The van der Waals surface area contributed by atoms with Crippen LogP contribution in [0.2, 0.25) is 0 Å². The number of rotatable bonds is 9. The Morgan fingerprint density at radius 2 is 2.00 bits per heavy atom. The van der Waals surface area contributed by atoms with Crippen molar-refractivity contribution >= 4 is 21.7 Å². The van der Waals surface area contributed by atoms with Crippen molar-refractivity contribution in [2.75, 3.05) is 25.0 Å². The van der Waals surface area contributed by atoms with Gasteiger partial charge in [0.15, 0.2) is 0 Å². The zero-order valence-electron chi connectivity index (χ0n) is 14.0. The second-order valence-electron chi connectivity index (χ2n) is 5.92. The van der Waals surface area contributed by atoms with E-state index in [-0.39, 0.29) is 23.6 Å². The van der Waals surface area contributed by atoms with E-state index in [9.17, 15) is 13.2 Å². The topological polar surface area (TPSA) is 116 Å². The molecule has 0 saturated carbocycles. The van der Waals surface area contributed by atoms with Gasteiger partial charge >= 0.3 is 5.97 Å². The van der Waals surface area contributed by atoms with Gasteiger partial charge in [0, 0.05) is 13.1 Å². The number of allylic oxidation sites excluding steroid dienone is 1. The molecular formula is C17H24N2O5S. The van der Waals surface area contributed by atoms with Crippen LogP contribution >= 0.6 is 0 Å². The third-order valence-electron chi connectivity index (χ3n) is 4.07. The van der Waals surface area contributed by atoms with Gasteiger partial charge in [-0.05, 0) is 50.3 Å². The highest BCUT2D eigenvalue weighted by molar-refractivity contribution is 7.89. The van der Waals surface area contributed by atoms with Crippen molar-refractivity contribution in [1.29, 1.82) is 0 Å². The number of carboxylic acid groups (broad SMARTS) is 1. The third-order valence-corrected chi connectivity index (χ3v) is 5.57. The zero-order valence-corrected chi connectivity index (χ0v) is 14.8. The summed E-state index contributed by atoms with van der Waals surface area (Å²) in [5.41, 5.74) is 1.61. The second-order valence-corrected chi connectivity index (χ2v) is 7.66. The number of aliphatic hydroxyl groups is 1. The molecule has 0 unspecified atom stereocenters. The predicted molar refractivity (Wildman–Crippen MR) is 95.3 cm³/mol. The average molecular weight is 368 g/mol. The molecular weight excluding hydrogens is 344 g/mol. The summed E-state index contributed by atoms with van der Waals surface area (Å²) in [5, 5.41) is 21.0. The summed E-state index contributed by atoms with van der Waals surface area (Å²) < 4.78 is 27.0. The maximum atomic E-state index is 12.4.